The van der Waals surface area contributed by atoms with Crippen molar-refractivity contribution in [1.82, 2.24) is 0 Å². The lowest BCUT2D eigenvalue weighted by molar-refractivity contribution is -0.285. The zero-order valence-corrected chi connectivity index (χ0v) is 13.6. The van der Waals surface area contributed by atoms with Gasteiger partial charge in [-0.25, -0.2) is 0 Å². The van der Waals surface area contributed by atoms with Crippen LogP contribution >= 0.6 is 0 Å². The fourth-order valence-electron chi connectivity index (χ4n) is 1.87. The third-order valence-corrected chi connectivity index (χ3v) is 3.95. The summed E-state index contributed by atoms with van der Waals surface area (Å²) >= 11 is 0. The van der Waals surface area contributed by atoms with Gasteiger partial charge in [-0.1, -0.05) is 0 Å². The Kier molecular flexibility index (Phi) is 6.74. The summed E-state index contributed by atoms with van der Waals surface area (Å²) in [6, 6.07) is 0. The normalized spacial score (nSPS) is 30.6. The first-order chi connectivity index (χ1) is 11.3. The van der Waals surface area contributed by atoms with Crippen LogP contribution in [0.5, 0.6) is 0 Å². The van der Waals surface area contributed by atoms with Gasteiger partial charge in [-0.15, -0.1) is 0 Å². The number of hydrogen-bond donors (Lipinski definition) is 2. The molecule has 14 heteroatoms. The van der Waals surface area contributed by atoms with Crippen LogP contribution in [0.3, 0.4) is 0 Å². The molecular formula is C11H15F3O10S. The molecule has 10 nitrogen and oxygen atoms in total. The summed E-state index contributed by atoms with van der Waals surface area (Å²) in [5.41, 5.74) is -5.83. The Bertz CT molecular complexity index is 604. The van der Waals surface area contributed by atoms with Crippen LogP contribution in [0, 0.1) is 0 Å². The van der Waals surface area contributed by atoms with E-state index < -0.39 is 64.9 Å². The number of rotatable bonds is 5. The Labute approximate surface area is 139 Å². The second-order valence-electron chi connectivity index (χ2n) is 4.89. The van der Waals surface area contributed by atoms with Crippen LogP contribution in [0.15, 0.2) is 0 Å². The summed E-state index contributed by atoms with van der Waals surface area (Å²) in [7, 11) is -6.19. The lowest BCUT2D eigenvalue weighted by Crippen LogP contribution is -2.61. The molecule has 0 aromatic heterocycles. The van der Waals surface area contributed by atoms with Crippen molar-refractivity contribution in [3.05, 3.63) is 0 Å². The highest BCUT2D eigenvalue weighted by atomic mass is 32.2. The SMILES string of the molecule is CC(=O)OC[C@H]1O[C@@H](O)[C@H](OS(=O)(=O)C(F)(F)F)[C@@H](OC(C)=O)[C@@H]1O. The second kappa shape index (κ2) is 7.82. The minimum Gasteiger partial charge on any atom is -0.463 e. The molecular weight excluding hydrogens is 381 g/mol. The molecule has 2 N–H and O–H groups in total. The molecule has 1 heterocycles. The molecule has 1 rings (SSSR count). The van der Waals surface area contributed by atoms with Gasteiger partial charge in [0.05, 0.1) is 0 Å². The van der Waals surface area contributed by atoms with E-state index in [4.69, 9.17) is 4.74 Å². The molecule has 25 heavy (non-hydrogen) atoms. The van der Waals surface area contributed by atoms with Crippen molar-refractivity contribution in [2.75, 3.05) is 6.61 Å². The highest BCUT2D eigenvalue weighted by Gasteiger charge is 2.55. The number of aliphatic hydroxyl groups is 2. The quantitative estimate of drug-likeness (QED) is 0.330. The highest BCUT2D eigenvalue weighted by Crippen LogP contribution is 2.31. The minimum atomic E-state index is -6.19. The summed E-state index contributed by atoms with van der Waals surface area (Å²) in [5, 5.41) is 19.7. The minimum absolute atomic E-state index is 0.649. The van der Waals surface area contributed by atoms with Crippen molar-refractivity contribution in [1.29, 1.82) is 0 Å². The van der Waals surface area contributed by atoms with Crippen LogP contribution in [0.1, 0.15) is 13.8 Å². The van der Waals surface area contributed by atoms with Crippen molar-refractivity contribution in [3.63, 3.8) is 0 Å². The third-order valence-electron chi connectivity index (χ3n) is 2.91. The van der Waals surface area contributed by atoms with E-state index in [9.17, 15) is 41.4 Å². The van der Waals surface area contributed by atoms with Crippen molar-refractivity contribution in [2.24, 2.45) is 0 Å². The Balaban J connectivity index is 3.07. The molecule has 5 atom stereocenters. The maximum Gasteiger partial charge on any atom is 0.523 e. The molecule has 146 valence electrons. The maximum absolute atomic E-state index is 12.4. The van der Waals surface area contributed by atoms with E-state index in [2.05, 4.69) is 13.7 Å². The molecule has 0 spiro atoms. The summed E-state index contributed by atoms with van der Waals surface area (Å²) < 4.78 is 77.1. The van der Waals surface area contributed by atoms with Crippen LogP contribution in [-0.4, -0.2) is 73.4 Å². The highest BCUT2D eigenvalue weighted by molar-refractivity contribution is 7.87. The number of esters is 2. The summed E-state index contributed by atoms with van der Waals surface area (Å²) in [4.78, 5) is 21.8. The van der Waals surface area contributed by atoms with Gasteiger partial charge >= 0.3 is 27.6 Å². The van der Waals surface area contributed by atoms with Crippen LogP contribution < -0.4 is 0 Å². The Morgan fingerprint density at radius 3 is 2.12 bits per heavy atom. The van der Waals surface area contributed by atoms with Crippen LogP contribution in [0.4, 0.5) is 13.2 Å². The molecule has 1 aliphatic heterocycles. The average Bonchev–Trinajstić information content (AvgIpc) is 2.43. The lowest BCUT2D eigenvalue weighted by Gasteiger charge is -2.41. The molecule has 0 unspecified atom stereocenters. The van der Waals surface area contributed by atoms with Crippen LogP contribution in [0.2, 0.25) is 0 Å². The zero-order valence-electron chi connectivity index (χ0n) is 12.8. The number of halogens is 3. The molecule has 0 amide bonds. The molecule has 0 aromatic rings. The van der Waals surface area contributed by atoms with Crippen molar-refractivity contribution in [2.45, 2.75) is 50.1 Å². The monoisotopic (exact) mass is 396 g/mol. The van der Waals surface area contributed by atoms with Gasteiger partial charge in [-0.05, 0) is 0 Å². The predicted molar refractivity (Wildman–Crippen MR) is 68.9 cm³/mol. The fourth-order valence-corrected chi connectivity index (χ4v) is 2.48. The number of alkyl halides is 3. The second-order valence-corrected chi connectivity index (χ2v) is 6.46. The largest absolute Gasteiger partial charge is 0.523 e. The van der Waals surface area contributed by atoms with Gasteiger partial charge in [0, 0.05) is 13.8 Å². The first-order valence-corrected chi connectivity index (χ1v) is 7.99. The van der Waals surface area contributed by atoms with Crippen molar-refractivity contribution >= 4 is 22.1 Å². The predicted octanol–water partition coefficient (Wildman–Crippen LogP) is -1.21. The van der Waals surface area contributed by atoms with Gasteiger partial charge in [-0.2, -0.15) is 21.6 Å². The van der Waals surface area contributed by atoms with Gasteiger partial charge in [0.1, 0.15) is 18.8 Å². The number of aliphatic hydroxyl groups excluding tert-OH is 2. The first-order valence-electron chi connectivity index (χ1n) is 6.58. The van der Waals surface area contributed by atoms with E-state index in [-0.39, 0.29) is 0 Å². The number of carbonyl (C=O) groups excluding carboxylic acids is 2. The Hall–Kier alpha value is -1.48. The van der Waals surface area contributed by atoms with Gasteiger partial charge in [-0.3, -0.25) is 13.8 Å². The summed E-state index contributed by atoms with van der Waals surface area (Å²) in [6.45, 7) is 1.19. The van der Waals surface area contributed by atoms with Crippen molar-refractivity contribution in [3.8, 4) is 0 Å². The van der Waals surface area contributed by atoms with Gasteiger partial charge in [0.2, 0.25) is 0 Å². The van der Waals surface area contributed by atoms with E-state index in [0.29, 0.717) is 0 Å². The molecule has 0 radical (unpaired) electrons. The molecule has 1 saturated heterocycles. The van der Waals surface area contributed by atoms with E-state index in [1.165, 1.54) is 0 Å². The molecule has 1 fully saturated rings. The smallest absolute Gasteiger partial charge is 0.463 e. The Morgan fingerprint density at radius 2 is 1.68 bits per heavy atom. The molecule has 0 aromatic carbocycles. The molecule has 1 aliphatic rings. The van der Waals surface area contributed by atoms with Crippen molar-refractivity contribution < 1.29 is 59.8 Å². The van der Waals surface area contributed by atoms with Gasteiger partial charge < -0.3 is 24.4 Å². The number of carbonyl (C=O) groups is 2. The van der Waals surface area contributed by atoms with Crippen LogP contribution in [-0.2, 0) is 38.1 Å². The van der Waals surface area contributed by atoms with E-state index in [1.54, 1.807) is 0 Å². The molecule has 0 aliphatic carbocycles. The van der Waals surface area contributed by atoms with E-state index in [0.717, 1.165) is 13.8 Å². The first kappa shape index (κ1) is 21.6. The molecule has 0 saturated carbocycles. The van der Waals surface area contributed by atoms with E-state index in [1.807, 2.05) is 0 Å². The van der Waals surface area contributed by atoms with Gasteiger partial charge in [0.15, 0.2) is 18.5 Å². The zero-order chi connectivity index (χ0) is 19.6. The standard InChI is InChI=1S/C11H15F3O10S/c1-4(15)21-3-6-7(17)8(22-5(2)16)9(10(18)23-6)24-25(19,20)11(12,13)14/h6-10,17-18H,3H2,1-2H3/t6-,7-,8+,9-,10-/m1/s1. The summed E-state index contributed by atoms with van der Waals surface area (Å²) in [6.07, 6.45) is -10.3. The molecule has 0 bridgehead atoms. The topological polar surface area (TPSA) is 146 Å². The Morgan fingerprint density at radius 1 is 1.12 bits per heavy atom. The number of ether oxygens (including phenoxy) is 3. The van der Waals surface area contributed by atoms with Gasteiger partial charge in [0.25, 0.3) is 0 Å². The summed E-state index contributed by atoms with van der Waals surface area (Å²) in [5.74, 6) is -1.91. The number of hydrogen-bond acceptors (Lipinski definition) is 10. The lowest BCUT2D eigenvalue weighted by atomic mass is 9.99. The van der Waals surface area contributed by atoms with Crippen LogP contribution in [0.25, 0.3) is 0 Å². The fraction of sp³-hybridized carbons (Fsp3) is 0.818. The van der Waals surface area contributed by atoms with E-state index >= 15 is 0 Å². The third kappa shape index (κ3) is 5.50. The maximum atomic E-state index is 12.4. The average molecular weight is 396 g/mol.